The lowest BCUT2D eigenvalue weighted by Crippen LogP contribution is -2.45. The number of carbonyl (C=O) groups is 1. The van der Waals surface area contributed by atoms with Crippen LogP contribution in [0.3, 0.4) is 0 Å². The Kier molecular flexibility index (Phi) is 6.98. The fraction of sp³-hybridized carbons (Fsp3) is 0.632. The van der Waals surface area contributed by atoms with Crippen molar-refractivity contribution in [3.63, 3.8) is 0 Å². The van der Waals surface area contributed by atoms with Crippen molar-refractivity contribution in [3.05, 3.63) is 29.8 Å². The summed E-state index contributed by atoms with van der Waals surface area (Å²) in [6, 6.07) is 6.56. The van der Waals surface area contributed by atoms with Crippen LogP contribution in [0.15, 0.2) is 29.2 Å². The molecule has 3 rings (SSSR count). The van der Waals surface area contributed by atoms with Crippen molar-refractivity contribution in [1.82, 2.24) is 13.9 Å². The third-order valence-corrected chi connectivity index (χ3v) is 9.37. The molecule has 162 valence electrons. The zero-order valence-corrected chi connectivity index (χ0v) is 18.3. The zero-order valence-electron chi connectivity index (χ0n) is 16.7. The van der Waals surface area contributed by atoms with Gasteiger partial charge < -0.3 is 5.32 Å². The van der Waals surface area contributed by atoms with Crippen LogP contribution in [0.4, 0.5) is 0 Å². The van der Waals surface area contributed by atoms with Gasteiger partial charge in [-0.05, 0) is 50.3 Å². The van der Waals surface area contributed by atoms with E-state index in [4.69, 9.17) is 0 Å². The van der Waals surface area contributed by atoms with Gasteiger partial charge in [-0.15, -0.1) is 0 Å². The van der Waals surface area contributed by atoms with Gasteiger partial charge in [0.05, 0.1) is 16.6 Å². The molecule has 0 aliphatic carbocycles. The van der Waals surface area contributed by atoms with Crippen LogP contribution in [0.25, 0.3) is 0 Å². The van der Waals surface area contributed by atoms with Crippen LogP contribution in [0, 0.1) is 5.92 Å². The Morgan fingerprint density at radius 2 is 1.62 bits per heavy atom. The fourth-order valence-corrected chi connectivity index (χ4v) is 6.48. The lowest BCUT2D eigenvalue weighted by Gasteiger charge is -2.30. The highest BCUT2D eigenvalue weighted by Gasteiger charge is 2.31. The third-order valence-electron chi connectivity index (χ3n) is 5.61. The predicted octanol–water partition coefficient (Wildman–Crippen LogP) is 1.15. The van der Waals surface area contributed by atoms with Crippen LogP contribution in [0.5, 0.6) is 0 Å². The summed E-state index contributed by atoms with van der Waals surface area (Å²) in [4.78, 5) is 12.8. The molecule has 0 aromatic heterocycles. The maximum absolute atomic E-state index is 12.6. The Labute approximate surface area is 173 Å². The van der Waals surface area contributed by atoms with E-state index in [0.717, 1.165) is 18.4 Å². The summed E-state index contributed by atoms with van der Waals surface area (Å²) in [5.74, 6) is -0.497. The van der Waals surface area contributed by atoms with E-state index < -0.39 is 20.0 Å². The molecule has 10 heteroatoms. The minimum Gasteiger partial charge on any atom is -0.352 e. The second-order valence-electron chi connectivity index (χ2n) is 7.57. The molecule has 1 aromatic rings. The number of benzene rings is 1. The summed E-state index contributed by atoms with van der Waals surface area (Å²) in [7, 11) is -6.73. The van der Waals surface area contributed by atoms with Crippen molar-refractivity contribution < 1.29 is 21.6 Å². The number of hydrogen-bond donors (Lipinski definition) is 1. The largest absolute Gasteiger partial charge is 0.352 e. The Balaban J connectivity index is 1.56. The minimum atomic E-state index is -3.44. The van der Waals surface area contributed by atoms with Gasteiger partial charge in [0, 0.05) is 32.7 Å². The molecule has 2 heterocycles. The first-order valence-electron chi connectivity index (χ1n) is 10.1. The average Bonchev–Trinajstić information content (AvgIpc) is 3.28. The zero-order chi connectivity index (χ0) is 21.1. The van der Waals surface area contributed by atoms with Crippen LogP contribution in [0.1, 0.15) is 38.2 Å². The molecule has 1 N–H and O–H groups in total. The normalized spacial score (nSPS) is 21.9. The first-order valence-corrected chi connectivity index (χ1v) is 13.1. The Hall–Kier alpha value is -1.49. The number of carbonyl (C=O) groups excluding carboxylic acids is 1. The first-order chi connectivity index (χ1) is 13.7. The highest BCUT2D eigenvalue weighted by Crippen LogP contribution is 2.22. The Morgan fingerprint density at radius 1 is 1.00 bits per heavy atom. The van der Waals surface area contributed by atoms with E-state index in [1.54, 1.807) is 31.2 Å². The second kappa shape index (κ2) is 9.11. The van der Waals surface area contributed by atoms with Gasteiger partial charge in [0.1, 0.15) is 0 Å². The van der Waals surface area contributed by atoms with Crippen molar-refractivity contribution in [2.24, 2.45) is 5.92 Å². The summed E-state index contributed by atoms with van der Waals surface area (Å²) >= 11 is 0. The maximum atomic E-state index is 12.6. The Bertz CT molecular complexity index is 923. The number of nitrogens with zero attached hydrogens (tertiary/aromatic N) is 2. The van der Waals surface area contributed by atoms with Crippen LogP contribution in [-0.4, -0.2) is 63.3 Å². The van der Waals surface area contributed by atoms with E-state index >= 15 is 0 Å². The van der Waals surface area contributed by atoms with Crippen molar-refractivity contribution >= 4 is 26.0 Å². The number of nitrogens with one attached hydrogen (secondary N) is 1. The second-order valence-corrected chi connectivity index (χ2v) is 11.8. The number of piperidine rings is 1. The number of amides is 1. The molecule has 1 aromatic carbocycles. The van der Waals surface area contributed by atoms with Gasteiger partial charge in [-0.3, -0.25) is 4.79 Å². The molecule has 0 saturated carbocycles. The molecule has 8 nitrogen and oxygen atoms in total. The molecule has 0 spiro atoms. The van der Waals surface area contributed by atoms with Crippen molar-refractivity contribution in [2.75, 3.05) is 31.9 Å². The van der Waals surface area contributed by atoms with Gasteiger partial charge in [-0.2, -0.15) is 4.31 Å². The van der Waals surface area contributed by atoms with E-state index in [1.807, 2.05) is 0 Å². The maximum Gasteiger partial charge on any atom is 0.243 e. The average molecular weight is 444 g/mol. The van der Waals surface area contributed by atoms with E-state index in [-0.39, 0.29) is 35.6 Å². The molecule has 2 aliphatic heterocycles. The van der Waals surface area contributed by atoms with Crippen LogP contribution < -0.4 is 5.32 Å². The van der Waals surface area contributed by atoms with Crippen LogP contribution in [0.2, 0.25) is 0 Å². The monoisotopic (exact) mass is 443 g/mol. The summed E-state index contributed by atoms with van der Waals surface area (Å²) < 4.78 is 52.1. The third kappa shape index (κ3) is 5.17. The lowest BCUT2D eigenvalue weighted by atomic mass is 9.99. The van der Waals surface area contributed by atoms with Crippen LogP contribution in [-0.2, 0) is 31.4 Å². The summed E-state index contributed by atoms with van der Waals surface area (Å²) in [6.07, 6.45) is 3.11. The van der Waals surface area contributed by atoms with E-state index in [2.05, 4.69) is 5.32 Å². The first kappa shape index (κ1) is 22.2. The summed E-state index contributed by atoms with van der Waals surface area (Å²) in [6.45, 7) is 3.69. The number of sulfonamides is 2. The molecule has 1 atom stereocenters. The van der Waals surface area contributed by atoms with Crippen molar-refractivity contribution in [1.29, 1.82) is 0 Å². The van der Waals surface area contributed by atoms with E-state index in [9.17, 15) is 21.6 Å². The molecule has 2 saturated heterocycles. The molecule has 2 aliphatic rings. The van der Waals surface area contributed by atoms with Gasteiger partial charge in [0.2, 0.25) is 26.0 Å². The van der Waals surface area contributed by atoms with E-state index in [0.29, 0.717) is 32.5 Å². The smallest absolute Gasteiger partial charge is 0.243 e. The standard InChI is InChI=1S/C19H29N3O5S2/c1-2-28(24,25)22-13-5-6-17(15-22)19(23)20-14-16-7-9-18(10-8-16)29(26,27)21-11-3-4-12-21/h7-10,17H,2-6,11-15H2,1H3,(H,20,23). The van der Waals surface area contributed by atoms with Gasteiger partial charge >= 0.3 is 0 Å². The molecular formula is C19H29N3O5S2. The lowest BCUT2D eigenvalue weighted by molar-refractivity contribution is -0.126. The van der Waals surface area contributed by atoms with E-state index in [1.165, 1.54) is 8.61 Å². The predicted molar refractivity (Wildman–Crippen MR) is 110 cm³/mol. The minimum absolute atomic E-state index is 0.0357. The molecule has 2 fully saturated rings. The number of rotatable bonds is 7. The van der Waals surface area contributed by atoms with Crippen molar-refractivity contribution in [3.8, 4) is 0 Å². The molecule has 0 bridgehead atoms. The Morgan fingerprint density at radius 3 is 2.24 bits per heavy atom. The van der Waals surface area contributed by atoms with Crippen molar-refractivity contribution in [2.45, 2.75) is 44.0 Å². The quantitative estimate of drug-likeness (QED) is 0.681. The molecule has 29 heavy (non-hydrogen) atoms. The molecule has 1 amide bonds. The highest BCUT2D eigenvalue weighted by molar-refractivity contribution is 7.89. The molecule has 0 radical (unpaired) electrons. The van der Waals surface area contributed by atoms with Gasteiger partial charge in [0.15, 0.2) is 0 Å². The summed E-state index contributed by atoms with van der Waals surface area (Å²) in [5, 5.41) is 2.85. The van der Waals surface area contributed by atoms with Gasteiger partial charge in [-0.1, -0.05) is 12.1 Å². The SMILES string of the molecule is CCS(=O)(=O)N1CCCC(C(=O)NCc2ccc(S(=O)(=O)N3CCCC3)cc2)C1. The highest BCUT2D eigenvalue weighted by atomic mass is 32.2. The fourth-order valence-electron chi connectivity index (χ4n) is 3.78. The van der Waals surface area contributed by atoms with Gasteiger partial charge in [0.25, 0.3) is 0 Å². The topological polar surface area (TPSA) is 104 Å². The van der Waals surface area contributed by atoms with Gasteiger partial charge in [-0.25, -0.2) is 21.1 Å². The molecular weight excluding hydrogens is 414 g/mol. The summed E-state index contributed by atoms with van der Waals surface area (Å²) in [5.41, 5.74) is 0.799. The number of hydrogen-bond acceptors (Lipinski definition) is 5. The van der Waals surface area contributed by atoms with Crippen LogP contribution >= 0.6 is 0 Å². The molecule has 1 unspecified atom stereocenters.